The molecule has 1 N–H and O–H groups in total. The number of hydrogen-bond acceptors (Lipinski definition) is 3. The molecule has 0 saturated heterocycles. The van der Waals surface area contributed by atoms with Gasteiger partial charge in [0, 0.05) is 6.54 Å². The van der Waals surface area contributed by atoms with E-state index in [9.17, 15) is 4.79 Å². The van der Waals surface area contributed by atoms with Gasteiger partial charge >= 0.3 is 0 Å². The van der Waals surface area contributed by atoms with Gasteiger partial charge in [-0.1, -0.05) is 18.2 Å². The number of hydrogen-bond donors (Lipinski definition) is 1. The molecule has 1 amide bonds. The van der Waals surface area contributed by atoms with Crippen molar-refractivity contribution in [2.45, 2.75) is 6.61 Å². The minimum Gasteiger partial charge on any atom is -0.484 e. The van der Waals surface area contributed by atoms with E-state index in [1.165, 1.54) is 0 Å². The Balaban J connectivity index is 1.95. The monoisotopic (exact) mass is 335 g/mol. The van der Waals surface area contributed by atoms with Crippen molar-refractivity contribution in [2.24, 2.45) is 0 Å². The molecule has 0 aliphatic heterocycles. The number of nitrogens with one attached hydrogen (secondary N) is 1. The van der Waals surface area contributed by atoms with Crippen molar-refractivity contribution in [2.75, 3.05) is 6.54 Å². The van der Waals surface area contributed by atoms with Crippen molar-refractivity contribution in [1.82, 2.24) is 5.32 Å². The minimum absolute atomic E-state index is 0.261. The standard InChI is InChI=1S/C15H14BrNO3/c1-2-9-17-15(18)14-8-7-11(20-14)10-19-13-6-4-3-5-12(13)16/h2-8H,1,9-10H2,(H,17,18). The van der Waals surface area contributed by atoms with Gasteiger partial charge in [0.25, 0.3) is 5.91 Å². The van der Waals surface area contributed by atoms with Crippen molar-refractivity contribution >= 4 is 21.8 Å². The minimum atomic E-state index is -0.267. The fraction of sp³-hybridized carbons (Fsp3) is 0.133. The molecule has 0 atom stereocenters. The highest BCUT2D eigenvalue weighted by Crippen LogP contribution is 2.24. The average molecular weight is 336 g/mol. The summed E-state index contributed by atoms with van der Waals surface area (Å²) in [6, 6.07) is 10.9. The molecular weight excluding hydrogens is 322 g/mol. The lowest BCUT2D eigenvalue weighted by molar-refractivity contribution is 0.0926. The van der Waals surface area contributed by atoms with Crippen molar-refractivity contribution in [1.29, 1.82) is 0 Å². The van der Waals surface area contributed by atoms with Crippen molar-refractivity contribution in [3.8, 4) is 5.75 Å². The number of para-hydroxylation sites is 1. The molecule has 4 nitrogen and oxygen atoms in total. The lowest BCUT2D eigenvalue weighted by Crippen LogP contribution is -2.22. The van der Waals surface area contributed by atoms with E-state index in [2.05, 4.69) is 27.8 Å². The fourth-order valence-corrected chi connectivity index (χ4v) is 1.94. The smallest absolute Gasteiger partial charge is 0.287 e. The predicted octanol–water partition coefficient (Wildman–Crippen LogP) is 3.54. The zero-order chi connectivity index (χ0) is 14.4. The topological polar surface area (TPSA) is 51.5 Å². The molecule has 0 aliphatic carbocycles. The van der Waals surface area contributed by atoms with Crippen LogP contribution in [0.15, 0.2) is 57.9 Å². The van der Waals surface area contributed by atoms with Crippen LogP contribution >= 0.6 is 15.9 Å². The number of carbonyl (C=O) groups excluding carboxylic acids is 1. The molecule has 0 bridgehead atoms. The molecule has 2 rings (SSSR count). The lowest BCUT2D eigenvalue weighted by Gasteiger charge is -2.05. The van der Waals surface area contributed by atoms with Gasteiger partial charge in [-0.15, -0.1) is 6.58 Å². The lowest BCUT2D eigenvalue weighted by atomic mass is 10.3. The summed E-state index contributed by atoms with van der Waals surface area (Å²) >= 11 is 3.40. The van der Waals surface area contributed by atoms with Crippen LogP contribution in [0.25, 0.3) is 0 Å². The van der Waals surface area contributed by atoms with Gasteiger partial charge in [-0.25, -0.2) is 0 Å². The first-order valence-electron chi connectivity index (χ1n) is 6.06. The normalized spacial score (nSPS) is 10.1. The van der Waals surface area contributed by atoms with Gasteiger partial charge in [0.15, 0.2) is 5.76 Å². The quantitative estimate of drug-likeness (QED) is 0.821. The van der Waals surface area contributed by atoms with E-state index in [1.54, 1.807) is 18.2 Å². The molecule has 0 saturated carbocycles. The van der Waals surface area contributed by atoms with E-state index in [0.717, 1.165) is 10.2 Å². The van der Waals surface area contributed by atoms with Crippen LogP contribution in [-0.2, 0) is 6.61 Å². The largest absolute Gasteiger partial charge is 0.484 e. The Morgan fingerprint density at radius 3 is 2.90 bits per heavy atom. The maximum absolute atomic E-state index is 11.6. The van der Waals surface area contributed by atoms with Gasteiger partial charge in [0.2, 0.25) is 0 Å². The number of furan rings is 1. The average Bonchev–Trinajstić information content (AvgIpc) is 2.93. The second-order valence-electron chi connectivity index (χ2n) is 3.98. The molecule has 2 aromatic rings. The van der Waals surface area contributed by atoms with E-state index < -0.39 is 0 Å². The van der Waals surface area contributed by atoms with E-state index in [-0.39, 0.29) is 18.3 Å². The third-order valence-corrected chi connectivity index (χ3v) is 3.15. The molecule has 1 heterocycles. The Morgan fingerprint density at radius 2 is 2.15 bits per heavy atom. The number of amides is 1. The zero-order valence-corrected chi connectivity index (χ0v) is 12.4. The number of rotatable bonds is 6. The Hall–Kier alpha value is -2.01. The number of benzene rings is 1. The molecule has 1 aromatic carbocycles. The second kappa shape index (κ2) is 6.96. The van der Waals surface area contributed by atoms with Crippen LogP contribution in [0, 0.1) is 0 Å². The molecule has 1 aromatic heterocycles. The van der Waals surface area contributed by atoms with Crippen molar-refractivity contribution in [3.63, 3.8) is 0 Å². The summed E-state index contributed by atoms with van der Waals surface area (Å²) in [7, 11) is 0. The fourth-order valence-electron chi connectivity index (χ4n) is 1.54. The van der Waals surface area contributed by atoms with Gasteiger partial charge in [-0.3, -0.25) is 4.79 Å². The summed E-state index contributed by atoms with van der Waals surface area (Å²) in [5, 5.41) is 2.65. The summed E-state index contributed by atoms with van der Waals surface area (Å²) < 4.78 is 11.9. The molecule has 5 heteroatoms. The van der Waals surface area contributed by atoms with E-state index in [1.807, 2.05) is 24.3 Å². The predicted molar refractivity (Wildman–Crippen MR) is 79.7 cm³/mol. The van der Waals surface area contributed by atoms with E-state index >= 15 is 0 Å². The molecule has 104 valence electrons. The number of ether oxygens (including phenoxy) is 1. The number of carbonyl (C=O) groups is 1. The third kappa shape index (κ3) is 3.74. The molecular formula is C15H14BrNO3. The van der Waals surface area contributed by atoms with Gasteiger partial charge < -0.3 is 14.5 Å². The first kappa shape index (κ1) is 14.4. The highest BCUT2D eigenvalue weighted by atomic mass is 79.9. The van der Waals surface area contributed by atoms with Gasteiger partial charge in [0.1, 0.15) is 18.1 Å². The summed E-state index contributed by atoms with van der Waals surface area (Å²) in [5.74, 6) is 1.31. The molecule has 0 unspecified atom stereocenters. The second-order valence-corrected chi connectivity index (χ2v) is 4.84. The van der Waals surface area contributed by atoms with Crippen LogP contribution < -0.4 is 10.1 Å². The SMILES string of the molecule is C=CCNC(=O)c1ccc(COc2ccccc2Br)o1. The Bertz CT molecular complexity index is 607. The Morgan fingerprint density at radius 1 is 1.35 bits per heavy atom. The van der Waals surface area contributed by atoms with Crippen LogP contribution in [0.5, 0.6) is 5.75 Å². The summed E-state index contributed by atoms with van der Waals surface area (Å²) in [5.41, 5.74) is 0. The van der Waals surface area contributed by atoms with Gasteiger partial charge in [0.05, 0.1) is 4.47 Å². The highest BCUT2D eigenvalue weighted by Gasteiger charge is 2.10. The number of halogens is 1. The maximum atomic E-state index is 11.6. The van der Waals surface area contributed by atoms with Crippen LogP contribution in [0.3, 0.4) is 0 Å². The van der Waals surface area contributed by atoms with E-state index in [0.29, 0.717) is 12.3 Å². The summed E-state index contributed by atoms with van der Waals surface area (Å²) in [6.07, 6.45) is 1.61. The molecule has 0 fully saturated rings. The van der Waals surface area contributed by atoms with Crippen molar-refractivity contribution in [3.05, 3.63) is 65.0 Å². The third-order valence-electron chi connectivity index (χ3n) is 2.50. The molecule has 0 radical (unpaired) electrons. The van der Waals surface area contributed by atoms with Crippen LogP contribution in [-0.4, -0.2) is 12.5 Å². The van der Waals surface area contributed by atoms with Crippen LogP contribution in [0.1, 0.15) is 16.3 Å². The first-order valence-corrected chi connectivity index (χ1v) is 6.85. The molecule has 0 spiro atoms. The van der Waals surface area contributed by atoms with Gasteiger partial charge in [-0.05, 0) is 40.2 Å². The van der Waals surface area contributed by atoms with Crippen LogP contribution in [0.4, 0.5) is 0 Å². The zero-order valence-electron chi connectivity index (χ0n) is 10.8. The maximum Gasteiger partial charge on any atom is 0.287 e. The Kier molecular flexibility index (Phi) is 5.01. The molecule has 20 heavy (non-hydrogen) atoms. The summed E-state index contributed by atoms with van der Waals surface area (Å²) in [4.78, 5) is 11.6. The summed E-state index contributed by atoms with van der Waals surface area (Å²) in [6.45, 7) is 4.20. The van der Waals surface area contributed by atoms with Gasteiger partial charge in [-0.2, -0.15) is 0 Å². The first-order chi connectivity index (χ1) is 9.70. The van der Waals surface area contributed by atoms with E-state index in [4.69, 9.17) is 9.15 Å². The van der Waals surface area contributed by atoms with Crippen molar-refractivity contribution < 1.29 is 13.9 Å². The van der Waals surface area contributed by atoms with Crippen LogP contribution in [0.2, 0.25) is 0 Å². The Labute approximate surface area is 125 Å². The highest BCUT2D eigenvalue weighted by molar-refractivity contribution is 9.10. The molecule has 0 aliphatic rings.